The number of nitrogens with one attached hydrogen (secondary N) is 1. The van der Waals surface area contributed by atoms with Crippen molar-refractivity contribution < 1.29 is 0 Å². The van der Waals surface area contributed by atoms with Gasteiger partial charge in [0.1, 0.15) is 5.65 Å². The number of rotatable bonds is 2. The summed E-state index contributed by atoms with van der Waals surface area (Å²) < 4.78 is 2.04. The summed E-state index contributed by atoms with van der Waals surface area (Å²) in [5.41, 5.74) is 4.25. The summed E-state index contributed by atoms with van der Waals surface area (Å²) in [5.74, 6) is 0. The van der Waals surface area contributed by atoms with E-state index in [1.165, 1.54) is 5.56 Å². The summed E-state index contributed by atoms with van der Waals surface area (Å²) in [7, 11) is 1.91. The van der Waals surface area contributed by atoms with Crippen LogP contribution in [0.1, 0.15) is 0 Å². The first-order chi connectivity index (χ1) is 7.86. The number of imidazole rings is 1. The van der Waals surface area contributed by atoms with E-state index < -0.39 is 0 Å². The van der Waals surface area contributed by atoms with E-state index in [2.05, 4.69) is 33.3 Å². The first kappa shape index (κ1) is 9.42. The van der Waals surface area contributed by atoms with Gasteiger partial charge in [0.15, 0.2) is 0 Å². The van der Waals surface area contributed by atoms with E-state index in [0.29, 0.717) is 0 Å². The van der Waals surface area contributed by atoms with E-state index in [-0.39, 0.29) is 0 Å². The molecule has 0 bridgehead atoms. The van der Waals surface area contributed by atoms with Crippen molar-refractivity contribution >= 4 is 22.7 Å². The van der Waals surface area contributed by atoms with Gasteiger partial charge in [0.2, 0.25) is 0 Å². The Bertz CT molecular complexity index is 610. The molecule has 0 fully saturated rings. The largest absolute Gasteiger partial charge is 0.388 e. The van der Waals surface area contributed by atoms with Crippen LogP contribution in [0.15, 0.2) is 41.4 Å². The highest BCUT2D eigenvalue weighted by Gasteiger charge is 2.04. The van der Waals surface area contributed by atoms with Crippen LogP contribution in [0.4, 0.5) is 5.69 Å². The maximum atomic E-state index is 4.59. The minimum atomic E-state index is 0.966. The quantitative estimate of drug-likeness (QED) is 0.731. The fraction of sp³-hybridized carbons (Fsp3) is 0.0833. The van der Waals surface area contributed by atoms with Crippen LogP contribution >= 0.6 is 11.3 Å². The van der Waals surface area contributed by atoms with Crippen LogP contribution in [-0.4, -0.2) is 16.4 Å². The lowest BCUT2D eigenvalue weighted by Crippen LogP contribution is -1.89. The van der Waals surface area contributed by atoms with Gasteiger partial charge in [-0.25, -0.2) is 4.98 Å². The predicted molar refractivity (Wildman–Crippen MR) is 68.1 cm³/mol. The van der Waals surface area contributed by atoms with Gasteiger partial charge in [0, 0.05) is 42.1 Å². The highest BCUT2D eigenvalue weighted by atomic mass is 32.1. The standard InChI is InChI=1S/C12H11N3S/c1-13-10-2-4-15-7-11(14-12(15)6-10)9-3-5-16-8-9/h2-8,13H,1H3. The molecule has 0 spiro atoms. The summed E-state index contributed by atoms with van der Waals surface area (Å²) in [6.07, 6.45) is 4.07. The first-order valence-electron chi connectivity index (χ1n) is 5.06. The average Bonchev–Trinajstić information content (AvgIpc) is 2.96. The van der Waals surface area contributed by atoms with Gasteiger partial charge in [0.25, 0.3) is 0 Å². The second-order valence-electron chi connectivity index (χ2n) is 3.57. The number of anilines is 1. The van der Waals surface area contributed by atoms with E-state index in [1.807, 2.05) is 29.8 Å². The zero-order chi connectivity index (χ0) is 11.0. The molecule has 0 aromatic carbocycles. The Kier molecular flexibility index (Phi) is 2.15. The number of aromatic nitrogens is 2. The Morgan fingerprint density at radius 2 is 2.31 bits per heavy atom. The number of thiophene rings is 1. The van der Waals surface area contributed by atoms with Crippen LogP contribution in [0.2, 0.25) is 0 Å². The number of hydrogen-bond acceptors (Lipinski definition) is 3. The lowest BCUT2D eigenvalue weighted by molar-refractivity contribution is 1.18. The molecule has 3 aromatic rings. The summed E-state index contributed by atoms with van der Waals surface area (Å²) >= 11 is 1.69. The molecule has 3 aromatic heterocycles. The van der Waals surface area contributed by atoms with E-state index in [1.54, 1.807) is 11.3 Å². The van der Waals surface area contributed by atoms with Crippen LogP contribution < -0.4 is 5.32 Å². The molecule has 0 atom stereocenters. The van der Waals surface area contributed by atoms with Gasteiger partial charge in [-0.3, -0.25) is 0 Å². The third-order valence-corrected chi connectivity index (χ3v) is 3.25. The van der Waals surface area contributed by atoms with Crippen LogP contribution in [0.3, 0.4) is 0 Å². The molecule has 0 amide bonds. The topological polar surface area (TPSA) is 29.3 Å². The molecule has 0 unspecified atom stereocenters. The molecule has 3 heterocycles. The first-order valence-corrected chi connectivity index (χ1v) is 6.00. The molecule has 0 aliphatic rings. The number of fused-ring (bicyclic) bond motifs is 1. The van der Waals surface area contributed by atoms with Crippen LogP contribution in [-0.2, 0) is 0 Å². The molecule has 3 nitrogen and oxygen atoms in total. The Labute approximate surface area is 97.4 Å². The molecule has 1 N–H and O–H groups in total. The smallest absolute Gasteiger partial charge is 0.139 e. The minimum Gasteiger partial charge on any atom is -0.388 e. The van der Waals surface area contributed by atoms with Gasteiger partial charge in [-0.2, -0.15) is 11.3 Å². The van der Waals surface area contributed by atoms with Crippen molar-refractivity contribution in [3.05, 3.63) is 41.4 Å². The van der Waals surface area contributed by atoms with Crippen molar-refractivity contribution in [3.8, 4) is 11.3 Å². The van der Waals surface area contributed by atoms with Crippen LogP contribution in [0.25, 0.3) is 16.9 Å². The maximum Gasteiger partial charge on any atom is 0.139 e. The second kappa shape index (κ2) is 3.64. The van der Waals surface area contributed by atoms with Crippen molar-refractivity contribution in [2.75, 3.05) is 12.4 Å². The lowest BCUT2D eigenvalue weighted by atomic mass is 10.3. The minimum absolute atomic E-state index is 0.966. The average molecular weight is 229 g/mol. The summed E-state index contributed by atoms with van der Waals surface area (Å²) in [5, 5.41) is 7.29. The van der Waals surface area contributed by atoms with Crippen molar-refractivity contribution in [2.24, 2.45) is 0 Å². The fourth-order valence-corrected chi connectivity index (χ4v) is 2.34. The summed E-state index contributed by atoms with van der Waals surface area (Å²) in [6.45, 7) is 0. The Balaban J connectivity index is 2.16. The molecule has 4 heteroatoms. The molecule has 80 valence electrons. The monoisotopic (exact) mass is 229 g/mol. The number of hydrogen-bond donors (Lipinski definition) is 1. The lowest BCUT2D eigenvalue weighted by Gasteiger charge is -1.98. The highest BCUT2D eigenvalue weighted by molar-refractivity contribution is 7.08. The second-order valence-corrected chi connectivity index (χ2v) is 4.35. The van der Waals surface area contributed by atoms with Gasteiger partial charge in [0.05, 0.1) is 5.69 Å². The molecular formula is C12H11N3S. The molecule has 0 aliphatic carbocycles. The summed E-state index contributed by atoms with van der Waals surface area (Å²) in [4.78, 5) is 4.59. The third kappa shape index (κ3) is 1.47. The van der Waals surface area contributed by atoms with Gasteiger partial charge in [-0.05, 0) is 17.5 Å². The molecule has 0 saturated heterocycles. The Morgan fingerprint density at radius 3 is 3.06 bits per heavy atom. The molecule has 16 heavy (non-hydrogen) atoms. The zero-order valence-electron chi connectivity index (χ0n) is 8.84. The SMILES string of the molecule is CNc1ccn2cc(-c3ccsc3)nc2c1. The van der Waals surface area contributed by atoms with Crippen molar-refractivity contribution in [2.45, 2.75) is 0 Å². The van der Waals surface area contributed by atoms with Crippen LogP contribution in [0.5, 0.6) is 0 Å². The van der Waals surface area contributed by atoms with Gasteiger partial charge in [-0.1, -0.05) is 0 Å². The van der Waals surface area contributed by atoms with E-state index in [0.717, 1.165) is 17.0 Å². The molecular weight excluding hydrogens is 218 g/mol. The zero-order valence-corrected chi connectivity index (χ0v) is 9.66. The predicted octanol–water partition coefficient (Wildman–Crippen LogP) is 3.10. The summed E-state index contributed by atoms with van der Waals surface area (Å²) in [6, 6.07) is 6.16. The van der Waals surface area contributed by atoms with E-state index >= 15 is 0 Å². The Hall–Kier alpha value is -1.81. The van der Waals surface area contributed by atoms with Gasteiger partial charge in [-0.15, -0.1) is 0 Å². The normalized spacial score (nSPS) is 10.8. The van der Waals surface area contributed by atoms with Crippen molar-refractivity contribution in [1.82, 2.24) is 9.38 Å². The Morgan fingerprint density at radius 1 is 1.38 bits per heavy atom. The third-order valence-electron chi connectivity index (χ3n) is 2.57. The maximum absolute atomic E-state index is 4.59. The van der Waals surface area contributed by atoms with E-state index in [4.69, 9.17) is 0 Å². The van der Waals surface area contributed by atoms with Crippen molar-refractivity contribution in [1.29, 1.82) is 0 Å². The van der Waals surface area contributed by atoms with Crippen molar-refractivity contribution in [3.63, 3.8) is 0 Å². The highest BCUT2D eigenvalue weighted by Crippen LogP contribution is 2.22. The molecule has 3 rings (SSSR count). The van der Waals surface area contributed by atoms with E-state index in [9.17, 15) is 0 Å². The number of nitrogens with zero attached hydrogens (tertiary/aromatic N) is 2. The molecule has 0 radical (unpaired) electrons. The number of pyridine rings is 1. The van der Waals surface area contributed by atoms with Gasteiger partial charge < -0.3 is 9.72 Å². The fourth-order valence-electron chi connectivity index (χ4n) is 1.69. The molecule has 0 aliphatic heterocycles. The van der Waals surface area contributed by atoms with Crippen LogP contribution in [0, 0.1) is 0 Å². The molecule has 0 saturated carbocycles. The van der Waals surface area contributed by atoms with Gasteiger partial charge >= 0.3 is 0 Å².